The van der Waals surface area contributed by atoms with Crippen LogP contribution in [0.15, 0.2) is 36.5 Å². The molecule has 4 rings (SSSR count). The first-order valence-corrected chi connectivity index (χ1v) is 12.5. The zero-order chi connectivity index (χ0) is 23.1. The number of aromatic nitrogens is 3. The van der Waals surface area contributed by atoms with Gasteiger partial charge in [0.1, 0.15) is 24.2 Å². The van der Waals surface area contributed by atoms with E-state index >= 15 is 0 Å². The molecule has 1 atom stereocenters. The van der Waals surface area contributed by atoms with Gasteiger partial charge in [-0.25, -0.2) is 9.97 Å². The Morgan fingerprint density at radius 3 is 2.56 bits per heavy atom. The fraction of sp³-hybridized carbons (Fsp3) is 0.409. The van der Waals surface area contributed by atoms with Crippen LogP contribution in [0.3, 0.4) is 0 Å². The molecule has 0 radical (unpaired) electrons. The van der Waals surface area contributed by atoms with Gasteiger partial charge in [0.2, 0.25) is 0 Å². The van der Waals surface area contributed by atoms with Crippen LogP contribution in [0.5, 0.6) is 0 Å². The molecule has 6 nitrogen and oxygen atoms in total. The maximum absolute atomic E-state index is 13.5. The van der Waals surface area contributed by atoms with Crippen LogP contribution in [-0.2, 0) is 10.7 Å². The second-order valence-electron chi connectivity index (χ2n) is 8.31. The number of rotatable bonds is 4. The van der Waals surface area contributed by atoms with E-state index in [1.165, 1.54) is 6.07 Å². The molecule has 1 aliphatic heterocycles. The van der Waals surface area contributed by atoms with Crippen molar-refractivity contribution in [3.05, 3.63) is 53.5 Å². The number of anilines is 1. The number of nitrogens with one attached hydrogen (secondary N) is 1. The minimum atomic E-state index is -4.41. The van der Waals surface area contributed by atoms with Crippen LogP contribution in [0.25, 0.3) is 10.9 Å². The number of pyridine rings is 1. The average Bonchev–Trinajstić information content (AvgIpc) is 2.75. The highest BCUT2D eigenvalue weighted by Gasteiger charge is 2.32. The van der Waals surface area contributed by atoms with Crippen molar-refractivity contribution in [3.8, 4) is 0 Å². The van der Waals surface area contributed by atoms with Crippen molar-refractivity contribution in [2.75, 3.05) is 37.8 Å². The van der Waals surface area contributed by atoms with Crippen LogP contribution in [0.4, 0.5) is 19.0 Å². The molecular weight excluding hydrogens is 438 g/mol. The molecule has 0 amide bonds. The molecule has 10 heteroatoms. The third-order valence-electron chi connectivity index (χ3n) is 5.85. The normalized spacial score (nSPS) is 17.9. The van der Waals surface area contributed by atoms with E-state index in [4.69, 9.17) is 0 Å². The van der Waals surface area contributed by atoms with E-state index < -0.39 is 24.9 Å². The molecule has 170 valence electrons. The Bertz CT molecular complexity index is 1190. The molecule has 3 heterocycles. The Morgan fingerprint density at radius 2 is 1.88 bits per heavy atom. The lowest BCUT2D eigenvalue weighted by molar-refractivity contribution is -0.137. The summed E-state index contributed by atoms with van der Waals surface area (Å²) in [5, 5.41) is 3.89. The van der Waals surface area contributed by atoms with Gasteiger partial charge in [0.05, 0.1) is 17.3 Å². The van der Waals surface area contributed by atoms with Crippen LogP contribution < -0.4 is 10.8 Å². The summed E-state index contributed by atoms with van der Waals surface area (Å²) >= 11 is 0. The van der Waals surface area contributed by atoms with Crippen molar-refractivity contribution in [1.29, 1.82) is 0 Å². The van der Waals surface area contributed by atoms with E-state index in [2.05, 4.69) is 25.2 Å². The summed E-state index contributed by atoms with van der Waals surface area (Å²) < 4.78 is 52.9. The summed E-state index contributed by atoms with van der Waals surface area (Å²) in [6.45, 7) is 5.02. The van der Waals surface area contributed by atoms with Gasteiger partial charge in [-0.2, -0.15) is 13.2 Å². The number of nitrogens with zero attached hydrogens (tertiary/aromatic N) is 4. The van der Waals surface area contributed by atoms with Crippen LogP contribution in [-0.4, -0.2) is 52.3 Å². The largest absolute Gasteiger partial charge is 0.416 e. The summed E-state index contributed by atoms with van der Waals surface area (Å²) in [5.74, 6) is 0.999. The van der Waals surface area contributed by atoms with Crippen molar-refractivity contribution in [3.63, 3.8) is 0 Å². The number of hydrogen-bond donors (Lipinski definition) is 1. The van der Waals surface area contributed by atoms with Crippen molar-refractivity contribution >= 4 is 29.3 Å². The number of fused-ring (bicyclic) bond motifs is 1. The van der Waals surface area contributed by atoms with Crippen LogP contribution in [0.2, 0.25) is 0 Å². The van der Waals surface area contributed by atoms with Gasteiger partial charge < -0.3 is 14.8 Å². The standard InChI is InChI=1S/C22H25F3N5OP/c1-14(16-5-4-6-17(11-16)22(23,24)25)27-21-18-12-20(26-13-19(18)28-15(2)29-21)32(31)9-7-30(3)8-10-32/h4-6,11-14H,7-10H2,1-3H3,(H,27,28,29)/t14-/m1/s1. The topological polar surface area (TPSA) is 71.0 Å². The molecule has 1 aliphatic rings. The van der Waals surface area contributed by atoms with E-state index in [0.29, 0.717) is 45.9 Å². The zero-order valence-electron chi connectivity index (χ0n) is 18.1. The van der Waals surface area contributed by atoms with Crippen molar-refractivity contribution in [2.24, 2.45) is 0 Å². The second kappa shape index (κ2) is 8.45. The minimum Gasteiger partial charge on any atom is -0.363 e. The van der Waals surface area contributed by atoms with E-state index in [1.807, 2.05) is 7.05 Å². The maximum Gasteiger partial charge on any atom is 0.416 e. The first-order chi connectivity index (χ1) is 15.0. The smallest absolute Gasteiger partial charge is 0.363 e. The molecule has 1 fully saturated rings. The molecule has 0 spiro atoms. The zero-order valence-corrected chi connectivity index (χ0v) is 19.0. The molecule has 1 saturated heterocycles. The number of halogens is 3. The Morgan fingerprint density at radius 1 is 1.16 bits per heavy atom. The first kappa shape index (κ1) is 22.7. The second-order valence-corrected chi connectivity index (χ2v) is 11.4. The third-order valence-corrected chi connectivity index (χ3v) is 8.77. The van der Waals surface area contributed by atoms with Crippen LogP contribution in [0, 0.1) is 6.92 Å². The number of hydrogen-bond acceptors (Lipinski definition) is 6. The highest BCUT2D eigenvalue weighted by Crippen LogP contribution is 2.46. The predicted molar refractivity (Wildman–Crippen MR) is 120 cm³/mol. The van der Waals surface area contributed by atoms with E-state index in [9.17, 15) is 17.7 Å². The van der Waals surface area contributed by atoms with Crippen LogP contribution >= 0.6 is 7.14 Å². The van der Waals surface area contributed by atoms with Crippen molar-refractivity contribution in [2.45, 2.75) is 26.1 Å². The highest BCUT2D eigenvalue weighted by atomic mass is 31.2. The van der Waals surface area contributed by atoms with Gasteiger partial charge in [-0.15, -0.1) is 0 Å². The molecule has 3 aromatic rings. The van der Waals surface area contributed by atoms with Crippen molar-refractivity contribution < 1.29 is 17.7 Å². The van der Waals surface area contributed by atoms with Gasteiger partial charge in [0.15, 0.2) is 0 Å². The van der Waals surface area contributed by atoms with Gasteiger partial charge in [-0.1, -0.05) is 12.1 Å². The predicted octanol–water partition coefficient (Wildman–Crippen LogP) is 4.46. The molecule has 32 heavy (non-hydrogen) atoms. The van der Waals surface area contributed by atoms with Crippen molar-refractivity contribution in [1.82, 2.24) is 19.9 Å². The molecule has 2 aromatic heterocycles. The van der Waals surface area contributed by atoms with Gasteiger partial charge in [-0.3, -0.25) is 4.98 Å². The molecule has 0 aliphatic carbocycles. The molecule has 0 saturated carbocycles. The lowest BCUT2D eigenvalue weighted by Crippen LogP contribution is -2.34. The molecule has 0 unspecified atom stereocenters. The number of aryl methyl sites for hydroxylation is 1. The number of benzene rings is 1. The fourth-order valence-electron chi connectivity index (χ4n) is 3.86. The summed E-state index contributed by atoms with van der Waals surface area (Å²) in [6, 6.07) is 6.57. The van der Waals surface area contributed by atoms with Crippen LogP contribution in [0.1, 0.15) is 29.9 Å². The molecule has 1 N–H and O–H groups in total. The van der Waals surface area contributed by atoms with Gasteiger partial charge in [-0.05, 0) is 44.7 Å². The Labute approximate surface area is 184 Å². The minimum absolute atomic E-state index is 0.439. The molecule has 0 bridgehead atoms. The summed E-state index contributed by atoms with van der Waals surface area (Å²) in [5.41, 5.74) is 0.946. The SMILES string of the molecule is Cc1nc(N[C@H](C)c2cccc(C(F)(F)F)c2)c2cc(P3(=O)CCN(C)CC3)ncc2n1. The van der Waals surface area contributed by atoms with Gasteiger partial charge in [0, 0.05) is 36.8 Å². The van der Waals surface area contributed by atoms with E-state index in [0.717, 1.165) is 25.2 Å². The summed E-state index contributed by atoms with van der Waals surface area (Å²) in [4.78, 5) is 15.5. The molecular formula is C22H25F3N5OP. The Balaban J connectivity index is 1.70. The quantitative estimate of drug-likeness (QED) is 0.577. The third kappa shape index (κ3) is 4.64. The summed E-state index contributed by atoms with van der Waals surface area (Å²) in [6.07, 6.45) is -1.66. The highest BCUT2D eigenvalue weighted by molar-refractivity contribution is 7.71. The molecule has 1 aromatic carbocycles. The monoisotopic (exact) mass is 463 g/mol. The first-order valence-electron chi connectivity index (χ1n) is 10.4. The Kier molecular flexibility index (Phi) is 5.98. The number of alkyl halides is 3. The Hall–Kier alpha value is -2.51. The lowest BCUT2D eigenvalue weighted by atomic mass is 10.0. The van der Waals surface area contributed by atoms with E-state index in [1.54, 1.807) is 32.2 Å². The summed E-state index contributed by atoms with van der Waals surface area (Å²) in [7, 11) is -0.613. The van der Waals surface area contributed by atoms with Gasteiger partial charge in [0.25, 0.3) is 0 Å². The average molecular weight is 463 g/mol. The fourth-order valence-corrected chi connectivity index (χ4v) is 6.50. The maximum atomic E-state index is 13.5. The lowest BCUT2D eigenvalue weighted by Gasteiger charge is -2.29. The van der Waals surface area contributed by atoms with E-state index in [-0.39, 0.29) is 0 Å². The van der Waals surface area contributed by atoms with Gasteiger partial charge >= 0.3 is 6.18 Å².